The monoisotopic (exact) mass is 341 g/mol. The van der Waals surface area contributed by atoms with Crippen LogP contribution in [0, 0.1) is 5.82 Å². The standard InChI is InChI=1S/C14H10BrClFNO/c15-11-6-3-5-10(13(11)17)14(19)18-8-9-4-1-2-7-12(9)16/h1-7H,8H2,(H,18,19). The zero-order valence-corrected chi connectivity index (χ0v) is 12.1. The smallest absolute Gasteiger partial charge is 0.254 e. The number of rotatable bonds is 3. The summed E-state index contributed by atoms with van der Waals surface area (Å²) in [4.78, 5) is 11.9. The second-order valence-corrected chi connectivity index (χ2v) is 5.14. The maximum atomic E-state index is 13.7. The molecule has 0 spiro atoms. The Balaban J connectivity index is 2.10. The van der Waals surface area contributed by atoms with E-state index in [1.165, 1.54) is 6.07 Å². The van der Waals surface area contributed by atoms with Gasteiger partial charge in [-0.05, 0) is 39.7 Å². The molecule has 2 rings (SSSR count). The number of halogens is 3. The SMILES string of the molecule is O=C(NCc1ccccc1Cl)c1cccc(Br)c1F. The van der Waals surface area contributed by atoms with E-state index < -0.39 is 11.7 Å². The fraction of sp³-hybridized carbons (Fsp3) is 0.0714. The van der Waals surface area contributed by atoms with Gasteiger partial charge in [0.1, 0.15) is 5.82 Å². The van der Waals surface area contributed by atoms with Gasteiger partial charge in [0.15, 0.2) is 0 Å². The van der Waals surface area contributed by atoms with Gasteiger partial charge >= 0.3 is 0 Å². The first-order chi connectivity index (χ1) is 9.09. The Morgan fingerprint density at radius 1 is 1.21 bits per heavy atom. The van der Waals surface area contributed by atoms with Crippen molar-refractivity contribution in [2.45, 2.75) is 6.54 Å². The lowest BCUT2D eigenvalue weighted by molar-refractivity contribution is 0.0946. The molecule has 0 unspecified atom stereocenters. The van der Waals surface area contributed by atoms with Crippen molar-refractivity contribution in [3.05, 3.63) is 68.9 Å². The van der Waals surface area contributed by atoms with Crippen molar-refractivity contribution in [1.29, 1.82) is 0 Å². The van der Waals surface area contributed by atoms with Crippen molar-refractivity contribution in [2.24, 2.45) is 0 Å². The van der Waals surface area contributed by atoms with Gasteiger partial charge in [-0.2, -0.15) is 0 Å². The molecule has 0 bridgehead atoms. The fourth-order valence-electron chi connectivity index (χ4n) is 1.59. The minimum Gasteiger partial charge on any atom is -0.348 e. The van der Waals surface area contributed by atoms with Crippen LogP contribution in [0.1, 0.15) is 15.9 Å². The lowest BCUT2D eigenvalue weighted by Gasteiger charge is -2.08. The Morgan fingerprint density at radius 3 is 2.68 bits per heavy atom. The van der Waals surface area contributed by atoms with Gasteiger partial charge in [-0.1, -0.05) is 35.9 Å². The predicted molar refractivity (Wildman–Crippen MR) is 76.7 cm³/mol. The Hall–Kier alpha value is -1.39. The van der Waals surface area contributed by atoms with E-state index in [2.05, 4.69) is 21.2 Å². The highest BCUT2D eigenvalue weighted by molar-refractivity contribution is 9.10. The lowest BCUT2D eigenvalue weighted by atomic mass is 10.2. The van der Waals surface area contributed by atoms with Crippen LogP contribution in [0.3, 0.4) is 0 Å². The molecule has 0 aliphatic rings. The summed E-state index contributed by atoms with van der Waals surface area (Å²) < 4.78 is 14.0. The highest BCUT2D eigenvalue weighted by Gasteiger charge is 2.13. The van der Waals surface area contributed by atoms with Crippen molar-refractivity contribution in [2.75, 3.05) is 0 Å². The quantitative estimate of drug-likeness (QED) is 0.891. The highest BCUT2D eigenvalue weighted by Crippen LogP contribution is 2.19. The molecule has 0 radical (unpaired) electrons. The molecule has 0 saturated carbocycles. The molecule has 0 aliphatic carbocycles. The molecule has 0 aliphatic heterocycles. The number of amides is 1. The Morgan fingerprint density at radius 2 is 1.95 bits per heavy atom. The van der Waals surface area contributed by atoms with Crippen LogP contribution in [0.4, 0.5) is 4.39 Å². The van der Waals surface area contributed by atoms with E-state index in [9.17, 15) is 9.18 Å². The van der Waals surface area contributed by atoms with Gasteiger partial charge in [-0.15, -0.1) is 0 Å². The summed E-state index contributed by atoms with van der Waals surface area (Å²) in [6.07, 6.45) is 0. The van der Waals surface area contributed by atoms with E-state index in [1.807, 2.05) is 12.1 Å². The zero-order valence-electron chi connectivity index (χ0n) is 9.79. The van der Waals surface area contributed by atoms with Crippen LogP contribution in [-0.2, 0) is 6.54 Å². The summed E-state index contributed by atoms with van der Waals surface area (Å²) >= 11 is 9.02. The zero-order chi connectivity index (χ0) is 13.8. The first-order valence-corrected chi connectivity index (χ1v) is 6.72. The Labute approximate surface area is 123 Å². The molecular weight excluding hydrogens is 333 g/mol. The van der Waals surface area contributed by atoms with Crippen molar-refractivity contribution in [3.8, 4) is 0 Å². The number of hydrogen-bond acceptors (Lipinski definition) is 1. The normalized spacial score (nSPS) is 10.3. The Bertz CT molecular complexity index is 618. The van der Waals surface area contributed by atoms with Crippen LogP contribution in [0.5, 0.6) is 0 Å². The third-order valence-electron chi connectivity index (χ3n) is 2.59. The molecule has 0 fully saturated rings. The summed E-state index contributed by atoms with van der Waals surface area (Å²) in [6, 6.07) is 11.8. The molecule has 2 aromatic rings. The largest absolute Gasteiger partial charge is 0.348 e. The van der Waals surface area contributed by atoms with Gasteiger partial charge in [-0.3, -0.25) is 4.79 Å². The van der Waals surface area contributed by atoms with Crippen LogP contribution >= 0.6 is 27.5 Å². The molecule has 98 valence electrons. The van der Waals surface area contributed by atoms with Crippen LogP contribution in [-0.4, -0.2) is 5.91 Å². The summed E-state index contributed by atoms with van der Waals surface area (Å²) in [5.74, 6) is -1.04. The molecule has 2 nitrogen and oxygen atoms in total. The third-order valence-corrected chi connectivity index (χ3v) is 3.57. The van der Waals surface area contributed by atoms with Gasteiger partial charge in [-0.25, -0.2) is 4.39 Å². The predicted octanol–water partition coefficient (Wildman–Crippen LogP) is 4.17. The van der Waals surface area contributed by atoms with Crippen molar-refractivity contribution < 1.29 is 9.18 Å². The number of hydrogen-bond donors (Lipinski definition) is 1. The fourth-order valence-corrected chi connectivity index (χ4v) is 2.16. The lowest BCUT2D eigenvalue weighted by Crippen LogP contribution is -2.24. The van der Waals surface area contributed by atoms with Crippen molar-refractivity contribution in [1.82, 2.24) is 5.32 Å². The molecule has 0 atom stereocenters. The van der Waals surface area contributed by atoms with Crippen LogP contribution in [0.25, 0.3) is 0 Å². The van der Waals surface area contributed by atoms with E-state index in [-0.39, 0.29) is 16.6 Å². The van der Waals surface area contributed by atoms with Crippen molar-refractivity contribution >= 4 is 33.4 Å². The summed E-state index contributed by atoms with van der Waals surface area (Å²) in [6.45, 7) is 0.254. The van der Waals surface area contributed by atoms with Crippen LogP contribution in [0.2, 0.25) is 5.02 Å². The minimum atomic E-state index is -0.570. The van der Waals surface area contributed by atoms with Crippen LogP contribution in [0.15, 0.2) is 46.9 Å². The van der Waals surface area contributed by atoms with E-state index in [0.717, 1.165) is 5.56 Å². The van der Waals surface area contributed by atoms with Gasteiger partial charge in [0, 0.05) is 11.6 Å². The summed E-state index contributed by atoms with van der Waals surface area (Å²) in [5.41, 5.74) is 0.786. The molecule has 5 heteroatoms. The number of benzene rings is 2. The summed E-state index contributed by atoms with van der Waals surface area (Å²) in [7, 11) is 0. The Kier molecular flexibility index (Phi) is 4.56. The van der Waals surface area contributed by atoms with Crippen molar-refractivity contribution in [3.63, 3.8) is 0 Å². The summed E-state index contributed by atoms with van der Waals surface area (Å²) in [5, 5.41) is 3.21. The van der Waals surface area contributed by atoms with E-state index in [1.54, 1.807) is 24.3 Å². The van der Waals surface area contributed by atoms with Gasteiger partial charge in [0.05, 0.1) is 10.0 Å². The molecule has 0 saturated heterocycles. The maximum absolute atomic E-state index is 13.7. The topological polar surface area (TPSA) is 29.1 Å². The first-order valence-electron chi connectivity index (χ1n) is 5.55. The van der Waals surface area contributed by atoms with Gasteiger partial charge in [0.2, 0.25) is 0 Å². The average molecular weight is 343 g/mol. The van der Waals surface area contributed by atoms with Crippen LogP contribution < -0.4 is 5.32 Å². The molecular formula is C14H10BrClFNO. The minimum absolute atomic E-state index is 0.00132. The molecule has 1 N–H and O–H groups in total. The van der Waals surface area contributed by atoms with Gasteiger partial charge in [0.25, 0.3) is 5.91 Å². The average Bonchev–Trinajstić information content (AvgIpc) is 2.40. The number of carbonyl (C=O) groups excluding carboxylic acids is 1. The highest BCUT2D eigenvalue weighted by atomic mass is 79.9. The first kappa shape index (κ1) is 14.0. The molecule has 0 aromatic heterocycles. The van der Waals surface area contributed by atoms with E-state index in [0.29, 0.717) is 5.02 Å². The molecule has 2 aromatic carbocycles. The maximum Gasteiger partial charge on any atom is 0.254 e. The third kappa shape index (κ3) is 3.33. The molecule has 1 amide bonds. The number of carbonyl (C=O) groups is 1. The van der Waals surface area contributed by atoms with Gasteiger partial charge < -0.3 is 5.32 Å². The van der Waals surface area contributed by atoms with E-state index >= 15 is 0 Å². The molecule has 19 heavy (non-hydrogen) atoms. The number of nitrogens with one attached hydrogen (secondary N) is 1. The molecule has 0 heterocycles. The second kappa shape index (κ2) is 6.17. The van der Waals surface area contributed by atoms with E-state index in [4.69, 9.17) is 11.6 Å². The second-order valence-electron chi connectivity index (χ2n) is 3.88.